The molecule has 0 aromatic carbocycles. The zero-order valence-electron chi connectivity index (χ0n) is 4.79. The van der Waals surface area contributed by atoms with Crippen LogP contribution in [0.2, 0.25) is 0 Å². The Morgan fingerprint density at radius 1 is 1.62 bits per heavy atom. The molecule has 0 bridgehead atoms. The van der Waals surface area contributed by atoms with Crippen molar-refractivity contribution in [1.29, 1.82) is 0 Å². The van der Waals surface area contributed by atoms with Crippen LogP contribution < -0.4 is 24.6 Å². The molecule has 1 unspecified atom stereocenters. The van der Waals surface area contributed by atoms with E-state index in [2.05, 4.69) is 5.73 Å². The van der Waals surface area contributed by atoms with Crippen molar-refractivity contribution in [1.82, 2.24) is 0 Å². The van der Waals surface area contributed by atoms with Crippen LogP contribution in [0.25, 0.3) is 0 Å². The minimum absolute atomic E-state index is 0. The second kappa shape index (κ2) is 3.48. The van der Waals surface area contributed by atoms with Crippen LogP contribution in [0.15, 0.2) is 0 Å². The van der Waals surface area contributed by atoms with Crippen molar-refractivity contribution in [2.24, 2.45) is 5.73 Å². The van der Waals surface area contributed by atoms with E-state index in [1.54, 1.807) is 0 Å². The Morgan fingerprint density at radius 2 is 1.75 bits per heavy atom. The van der Waals surface area contributed by atoms with Crippen molar-refractivity contribution in [3.63, 3.8) is 0 Å². The first-order chi connectivity index (χ1) is 2.94. The van der Waals surface area contributed by atoms with E-state index in [0.717, 1.165) is 6.92 Å². The molecule has 0 aliphatic carbocycles. The topological polar surface area (TPSA) is 83.2 Å². The van der Waals surface area contributed by atoms with E-state index in [0.29, 0.717) is 0 Å². The van der Waals surface area contributed by atoms with E-state index >= 15 is 0 Å². The molecule has 0 aliphatic rings. The Morgan fingerprint density at radius 3 is 1.75 bits per heavy atom. The Kier molecular flexibility index (Phi) is 4.92. The molecule has 4 nitrogen and oxygen atoms in total. The van der Waals surface area contributed by atoms with Gasteiger partial charge in [-0.05, 0) is 6.92 Å². The van der Waals surface area contributed by atoms with Gasteiger partial charge >= 0.3 is 18.9 Å². The summed E-state index contributed by atoms with van der Waals surface area (Å²) >= 11 is 0. The maximum Gasteiger partial charge on any atom is 1.00 e. The summed E-state index contributed by atoms with van der Waals surface area (Å²) in [5.41, 5.74) is 4.67. The quantitative estimate of drug-likeness (QED) is 0.289. The molecule has 0 saturated carbocycles. The van der Waals surface area contributed by atoms with Crippen LogP contribution in [0.4, 0.5) is 0 Å². The van der Waals surface area contributed by atoms with Gasteiger partial charge in [0, 0.05) is 0 Å². The van der Waals surface area contributed by atoms with Gasteiger partial charge in [0.2, 0.25) is 0 Å². The van der Waals surface area contributed by atoms with Gasteiger partial charge in [-0.3, -0.25) is 0 Å². The standard InChI is InChI=1S/C2H7NO3S.Li/c1-2(3)7(4,5)6;/h2H,3H2,1H3,(H,4,5,6);/q;+1/p-1. The number of hydrogen-bond acceptors (Lipinski definition) is 4. The maximum absolute atomic E-state index is 9.65. The predicted octanol–water partition coefficient (Wildman–Crippen LogP) is -4.16. The molecule has 0 aliphatic heterocycles. The van der Waals surface area contributed by atoms with Gasteiger partial charge in [0.15, 0.2) is 0 Å². The predicted molar refractivity (Wildman–Crippen MR) is 23.3 cm³/mol. The molecule has 6 heteroatoms. The first-order valence-electron chi connectivity index (χ1n) is 1.65. The monoisotopic (exact) mass is 131 g/mol. The van der Waals surface area contributed by atoms with E-state index in [9.17, 15) is 13.0 Å². The van der Waals surface area contributed by atoms with Gasteiger partial charge in [-0.1, -0.05) is 0 Å². The third-order valence-corrected chi connectivity index (χ3v) is 1.37. The summed E-state index contributed by atoms with van der Waals surface area (Å²) in [6, 6.07) is 0. The molecule has 8 heavy (non-hydrogen) atoms. The molecular formula is C2H6LiNO3S. The molecule has 1 atom stereocenters. The number of nitrogens with two attached hydrogens (primary N) is 1. The van der Waals surface area contributed by atoms with Crippen molar-refractivity contribution in [3.05, 3.63) is 0 Å². The minimum atomic E-state index is -4.21. The molecule has 0 fully saturated rings. The minimum Gasteiger partial charge on any atom is -0.747 e. The first kappa shape index (κ1) is 11.3. The van der Waals surface area contributed by atoms with Crippen molar-refractivity contribution < 1.29 is 31.8 Å². The molecule has 44 valence electrons. The van der Waals surface area contributed by atoms with E-state index < -0.39 is 15.5 Å². The molecule has 0 heterocycles. The van der Waals surface area contributed by atoms with Gasteiger partial charge in [-0.2, -0.15) is 0 Å². The summed E-state index contributed by atoms with van der Waals surface area (Å²) in [5, 5.41) is -1.28. The summed E-state index contributed by atoms with van der Waals surface area (Å²) in [6.45, 7) is 1.13. The van der Waals surface area contributed by atoms with Gasteiger partial charge < -0.3 is 10.3 Å². The maximum atomic E-state index is 9.65. The summed E-state index contributed by atoms with van der Waals surface area (Å²) < 4.78 is 29.0. The average molecular weight is 131 g/mol. The fourth-order valence-electron chi connectivity index (χ4n) is 0. The van der Waals surface area contributed by atoms with Crippen LogP contribution in [0.5, 0.6) is 0 Å². The second-order valence-corrected chi connectivity index (χ2v) is 2.93. The smallest absolute Gasteiger partial charge is 0.747 e. The Hall–Kier alpha value is 0.467. The van der Waals surface area contributed by atoms with Crippen LogP contribution in [0.3, 0.4) is 0 Å². The average Bonchev–Trinajstić information content (AvgIpc) is 1.31. The Labute approximate surface area is 60.4 Å². The summed E-state index contributed by atoms with van der Waals surface area (Å²) in [4.78, 5) is 0. The van der Waals surface area contributed by atoms with Crippen LogP contribution in [0.1, 0.15) is 6.92 Å². The van der Waals surface area contributed by atoms with Crippen LogP contribution >= 0.6 is 0 Å². The first-order valence-corrected chi connectivity index (χ1v) is 3.12. The zero-order valence-corrected chi connectivity index (χ0v) is 5.60. The molecule has 0 spiro atoms. The molecule has 0 aromatic heterocycles. The third kappa shape index (κ3) is 4.62. The van der Waals surface area contributed by atoms with Crippen molar-refractivity contribution >= 4 is 10.1 Å². The molecule has 0 rings (SSSR count). The molecular weight excluding hydrogens is 125 g/mol. The molecule has 0 saturated heterocycles. The van der Waals surface area contributed by atoms with Gasteiger partial charge in [0.05, 0.1) is 5.37 Å². The number of hydrogen-bond donors (Lipinski definition) is 1. The normalized spacial score (nSPS) is 14.4. The van der Waals surface area contributed by atoms with E-state index in [4.69, 9.17) is 0 Å². The van der Waals surface area contributed by atoms with Crippen molar-refractivity contribution in [3.8, 4) is 0 Å². The van der Waals surface area contributed by atoms with Gasteiger partial charge in [-0.15, -0.1) is 0 Å². The van der Waals surface area contributed by atoms with E-state index in [-0.39, 0.29) is 18.9 Å². The molecule has 0 amide bonds. The Balaban J connectivity index is 0. The summed E-state index contributed by atoms with van der Waals surface area (Å²) in [5.74, 6) is 0. The molecule has 0 radical (unpaired) electrons. The van der Waals surface area contributed by atoms with Crippen LogP contribution in [0, 0.1) is 0 Å². The fraction of sp³-hybridized carbons (Fsp3) is 1.00. The van der Waals surface area contributed by atoms with Crippen LogP contribution in [-0.2, 0) is 10.1 Å². The van der Waals surface area contributed by atoms with Gasteiger partial charge in [0.1, 0.15) is 10.1 Å². The summed E-state index contributed by atoms with van der Waals surface area (Å²) in [7, 11) is -4.21. The third-order valence-electron chi connectivity index (χ3n) is 0.455. The van der Waals surface area contributed by atoms with Gasteiger partial charge in [-0.25, -0.2) is 8.42 Å². The zero-order chi connectivity index (χ0) is 6.08. The van der Waals surface area contributed by atoms with E-state index in [1.807, 2.05) is 0 Å². The summed E-state index contributed by atoms with van der Waals surface area (Å²) in [6.07, 6.45) is 0. The number of rotatable bonds is 1. The van der Waals surface area contributed by atoms with Crippen molar-refractivity contribution in [2.75, 3.05) is 0 Å². The second-order valence-electron chi connectivity index (χ2n) is 1.20. The van der Waals surface area contributed by atoms with Crippen LogP contribution in [-0.4, -0.2) is 18.3 Å². The fourth-order valence-corrected chi connectivity index (χ4v) is 0. The van der Waals surface area contributed by atoms with Crippen molar-refractivity contribution in [2.45, 2.75) is 12.3 Å². The largest absolute Gasteiger partial charge is 1.00 e. The molecule has 0 aromatic rings. The molecule has 2 N–H and O–H groups in total. The SMILES string of the molecule is CC(N)S(=O)(=O)[O-].[Li+]. The Bertz CT molecular complexity index is 139. The van der Waals surface area contributed by atoms with Gasteiger partial charge in [0.25, 0.3) is 0 Å². The van der Waals surface area contributed by atoms with E-state index in [1.165, 1.54) is 0 Å².